The molecule has 4 nitrogen and oxygen atoms in total. The smallest absolute Gasteiger partial charge is 0.117 e. The quantitative estimate of drug-likeness (QED) is 0.734. The minimum absolute atomic E-state index is 0.361. The van der Waals surface area contributed by atoms with Crippen molar-refractivity contribution in [3.63, 3.8) is 0 Å². The summed E-state index contributed by atoms with van der Waals surface area (Å²) in [5.41, 5.74) is 0. The molecule has 0 spiro atoms. The number of aryl methyl sites for hydroxylation is 1. The molecule has 0 amide bonds. The monoisotopic (exact) mass is 224 g/mol. The Morgan fingerprint density at radius 3 is 3.12 bits per heavy atom. The van der Waals surface area contributed by atoms with Gasteiger partial charge in [0.15, 0.2) is 0 Å². The Labute approximate surface area is 96.4 Å². The van der Waals surface area contributed by atoms with Gasteiger partial charge in [-0.25, -0.2) is 0 Å². The number of hydrogen-bond acceptors (Lipinski definition) is 4. The largest absolute Gasteiger partial charge is 0.465 e. The number of rotatable bonds is 5. The van der Waals surface area contributed by atoms with Gasteiger partial charge >= 0.3 is 0 Å². The van der Waals surface area contributed by atoms with Crippen molar-refractivity contribution < 1.29 is 9.15 Å². The van der Waals surface area contributed by atoms with Crippen LogP contribution in [-0.4, -0.2) is 32.3 Å². The van der Waals surface area contributed by atoms with Gasteiger partial charge in [0.25, 0.3) is 0 Å². The van der Waals surface area contributed by atoms with Crippen LogP contribution < -0.4 is 10.6 Å². The molecule has 4 heteroatoms. The summed E-state index contributed by atoms with van der Waals surface area (Å²) in [5.74, 6) is 1.97. The van der Waals surface area contributed by atoms with Crippen LogP contribution in [-0.2, 0) is 11.3 Å². The summed E-state index contributed by atoms with van der Waals surface area (Å²) >= 11 is 0. The van der Waals surface area contributed by atoms with Crippen LogP contribution in [0.15, 0.2) is 16.5 Å². The predicted octanol–water partition coefficient (Wildman–Crippen LogP) is 1.06. The number of morpholine rings is 1. The van der Waals surface area contributed by atoms with Crippen LogP contribution in [0.1, 0.15) is 17.9 Å². The first-order valence-corrected chi connectivity index (χ1v) is 5.93. The summed E-state index contributed by atoms with van der Waals surface area (Å²) in [6.45, 7) is 6.52. The summed E-state index contributed by atoms with van der Waals surface area (Å²) < 4.78 is 11.1. The lowest BCUT2D eigenvalue weighted by molar-refractivity contribution is 0.0238. The van der Waals surface area contributed by atoms with Gasteiger partial charge in [-0.05, 0) is 32.0 Å². The molecular formula is C12H20N2O2. The Kier molecular flexibility index (Phi) is 4.39. The van der Waals surface area contributed by atoms with E-state index in [2.05, 4.69) is 10.6 Å². The van der Waals surface area contributed by atoms with E-state index in [1.807, 2.05) is 19.1 Å². The summed E-state index contributed by atoms with van der Waals surface area (Å²) in [6.07, 6.45) is 1.41. The number of nitrogens with one attached hydrogen (secondary N) is 2. The van der Waals surface area contributed by atoms with E-state index < -0.39 is 0 Å². The van der Waals surface area contributed by atoms with Crippen molar-refractivity contribution in [3.8, 4) is 0 Å². The summed E-state index contributed by atoms with van der Waals surface area (Å²) in [7, 11) is 0. The molecule has 0 aliphatic carbocycles. The molecule has 2 heterocycles. The van der Waals surface area contributed by atoms with Crippen molar-refractivity contribution in [2.24, 2.45) is 0 Å². The Morgan fingerprint density at radius 2 is 2.44 bits per heavy atom. The van der Waals surface area contributed by atoms with Crippen LogP contribution in [0.4, 0.5) is 0 Å². The third kappa shape index (κ3) is 3.63. The number of furan rings is 1. The van der Waals surface area contributed by atoms with Gasteiger partial charge in [0.05, 0.1) is 19.3 Å². The fourth-order valence-corrected chi connectivity index (χ4v) is 1.86. The number of hydrogen-bond donors (Lipinski definition) is 2. The van der Waals surface area contributed by atoms with Crippen molar-refractivity contribution in [3.05, 3.63) is 23.7 Å². The van der Waals surface area contributed by atoms with Gasteiger partial charge in [-0.2, -0.15) is 0 Å². The van der Waals surface area contributed by atoms with E-state index in [1.54, 1.807) is 0 Å². The van der Waals surface area contributed by atoms with Crippen molar-refractivity contribution in [2.45, 2.75) is 26.0 Å². The highest BCUT2D eigenvalue weighted by Crippen LogP contribution is 2.05. The molecule has 1 aromatic heterocycles. The molecule has 0 bridgehead atoms. The van der Waals surface area contributed by atoms with Crippen LogP contribution in [0.2, 0.25) is 0 Å². The van der Waals surface area contributed by atoms with Gasteiger partial charge in [0, 0.05) is 13.1 Å². The molecule has 2 rings (SSSR count). The summed E-state index contributed by atoms with van der Waals surface area (Å²) in [6, 6.07) is 4.01. The number of ether oxygens (including phenoxy) is 1. The Hall–Kier alpha value is -0.840. The van der Waals surface area contributed by atoms with E-state index in [9.17, 15) is 0 Å². The van der Waals surface area contributed by atoms with Gasteiger partial charge in [-0.1, -0.05) is 0 Å². The normalized spacial score (nSPS) is 21.2. The molecule has 0 saturated carbocycles. The topological polar surface area (TPSA) is 46.4 Å². The lowest BCUT2D eigenvalue weighted by Gasteiger charge is -2.23. The molecule has 1 atom stereocenters. The molecule has 2 N–H and O–H groups in total. The fourth-order valence-electron chi connectivity index (χ4n) is 1.86. The zero-order valence-electron chi connectivity index (χ0n) is 9.79. The first-order valence-electron chi connectivity index (χ1n) is 5.93. The molecule has 16 heavy (non-hydrogen) atoms. The Balaban J connectivity index is 1.57. The van der Waals surface area contributed by atoms with Crippen molar-refractivity contribution in [1.29, 1.82) is 0 Å². The fraction of sp³-hybridized carbons (Fsp3) is 0.667. The van der Waals surface area contributed by atoms with Gasteiger partial charge in [-0.15, -0.1) is 0 Å². The van der Waals surface area contributed by atoms with Gasteiger partial charge in [0.2, 0.25) is 0 Å². The molecule has 1 fully saturated rings. The van der Waals surface area contributed by atoms with Crippen molar-refractivity contribution in [2.75, 3.05) is 26.2 Å². The van der Waals surface area contributed by atoms with Crippen molar-refractivity contribution in [1.82, 2.24) is 10.6 Å². The van der Waals surface area contributed by atoms with E-state index in [0.717, 1.165) is 50.7 Å². The Morgan fingerprint density at radius 1 is 1.50 bits per heavy atom. The maximum atomic E-state index is 5.61. The van der Waals surface area contributed by atoms with Crippen LogP contribution in [0, 0.1) is 6.92 Å². The maximum absolute atomic E-state index is 5.61. The summed E-state index contributed by atoms with van der Waals surface area (Å²) in [4.78, 5) is 0. The van der Waals surface area contributed by atoms with Gasteiger partial charge < -0.3 is 19.8 Å². The lowest BCUT2D eigenvalue weighted by Crippen LogP contribution is -2.39. The van der Waals surface area contributed by atoms with Crippen LogP contribution >= 0.6 is 0 Å². The zero-order valence-corrected chi connectivity index (χ0v) is 9.79. The SMILES string of the molecule is Cc1ccc(CNCCC2CNCCO2)o1. The van der Waals surface area contributed by atoms with Gasteiger partial charge in [0.1, 0.15) is 11.5 Å². The van der Waals surface area contributed by atoms with Crippen LogP contribution in [0.5, 0.6) is 0 Å². The van der Waals surface area contributed by atoms with E-state index in [0.29, 0.717) is 6.10 Å². The predicted molar refractivity (Wildman–Crippen MR) is 62.4 cm³/mol. The van der Waals surface area contributed by atoms with E-state index in [4.69, 9.17) is 9.15 Å². The first kappa shape index (κ1) is 11.6. The van der Waals surface area contributed by atoms with Crippen molar-refractivity contribution >= 4 is 0 Å². The average Bonchev–Trinajstić information content (AvgIpc) is 2.72. The third-order valence-electron chi connectivity index (χ3n) is 2.74. The van der Waals surface area contributed by atoms with E-state index >= 15 is 0 Å². The third-order valence-corrected chi connectivity index (χ3v) is 2.74. The molecule has 90 valence electrons. The highest BCUT2D eigenvalue weighted by Gasteiger charge is 2.12. The molecule has 1 aliphatic heterocycles. The van der Waals surface area contributed by atoms with E-state index in [-0.39, 0.29) is 0 Å². The average molecular weight is 224 g/mol. The summed E-state index contributed by atoms with van der Waals surface area (Å²) in [5, 5.41) is 6.69. The molecular weight excluding hydrogens is 204 g/mol. The molecule has 0 aromatic carbocycles. The molecule has 1 aliphatic rings. The molecule has 1 saturated heterocycles. The van der Waals surface area contributed by atoms with Crippen LogP contribution in [0.3, 0.4) is 0 Å². The second kappa shape index (κ2) is 6.03. The maximum Gasteiger partial charge on any atom is 0.117 e. The van der Waals surface area contributed by atoms with Gasteiger partial charge in [-0.3, -0.25) is 0 Å². The Bertz CT molecular complexity index is 306. The highest BCUT2D eigenvalue weighted by molar-refractivity contribution is 5.05. The second-order valence-electron chi connectivity index (χ2n) is 4.17. The molecule has 1 unspecified atom stereocenters. The molecule has 0 radical (unpaired) electrons. The van der Waals surface area contributed by atoms with E-state index in [1.165, 1.54) is 0 Å². The van der Waals surface area contributed by atoms with Crippen LogP contribution in [0.25, 0.3) is 0 Å². The first-order chi connectivity index (χ1) is 7.84. The standard InChI is InChI=1S/C12H20N2O2/c1-10-2-3-12(16-10)9-13-5-4-11-8-14-6-7-15-11/h2-3,11,13-14H,4-9H2,1H3. The zero-order chi connectivity index (χ0) is 11.2. The highest BCUT2D eigenvalue weighted by atomic mass is 16.5. The molecule has 1 aromatic rings. The minimum Gasteiger partial charge on any atom is -0.465 e. The minimum atomic E-state index is 0.361. The lowest BCUT2D eigenvalue weighted by atomic mass is 10.2. The second-order valence-corrected chi connectivity index (χ2v) is 4.17.